The Morgan fingerprint density at radius 2 is 1.69 bits per heavy atom. The van der Waals surface area contributed by atoms with Crippen molar-refractivity contribution in [1.82, 2.24) is 4.90 Å². The molecular weight excluding hydrogens is 330 g/mol. The minimum absolute atomic E-state index is 0.0660. The second-order valence-electron chi connectivity index (χ2n) is 6.62. The number of benzene rings is 2. The molecule has 2 rings (SSSR count). The molecule has 0 aromatic heterocycles. The van der Waals surface area contributed by atoms with Crippen molar-refractivity contribution in [3.8, 4) is 5.75 Å². The molecule has 1 amide bonds. The number of rotatable bonds is 7. The van der Waals surface area contributed by atoms with Crippen molar-refractivity contribution in [3.05, 3.63) is 64.7 Å². The molecule has 0 aliphatic heterocycles. The van der Waals surface area contributed by atoms with E-state index in [-0.39, 0.29) is 11.8 Å². The summed E-state index contributed by atoms with van der Waals surface area (Å²) in [5, 5.41) is 8.76. The van der Waals surface area contributed by atoms with E-state index in [2.05, 4.69) is 19.1 Å². The quantitative estimate of drug-likeness (QED) is 0.823. The van der Waals surface area contributed by atoms with E-state index in [1.807, 2.05) is 32.0 Å². The van der Waals surface area contributed by atoms with Gasteiger partial charge in [-0.15, -0.1) is 0 Å². The van der Waals surface area contributed by atoms with Gasteiger partial charge in [0.05, 0.1) is 0 Å². The Kier molecular flexibility index (Phi) is 6.39. The van der Waals surface area contributed by atoms with Gasteiger partial charge in [-0.1, -0.05) is 37.3 Å². The van der Waals surface area contributed by atoms with Crippen molar-refractivity contribution in [2.24, 2.45) is 0 Å². The largest absolute Gasteiger partial charge is 0.481 e. The van der Waals surface area contributed by atoms with Crippen molar-refractivity contribution in [2.45, 2.75) is 26.7 Å². The van der Waals surface area contributed by atoms with Crippen molar-refractivity contribution in [2.75, 3.05) is 20.2 Å². The number of nitrogens with zero attached hydrogens (tertiary/aromatic N) is 1. The number of aryl methyl sites for hydroxylation is 2. The number of aliphatic carboxylic acids is 1. The molecule has 0 saturated heterocycles. The van der Waals surface area contributed by atoms with Crippen LogP contribution in [0.5, 0.6) is 5.75 Å². The van der Waals surface area contributed by atoms with Gasteiger partial charge in [0.25, 0.3) is 5.91 Å². The summed E-state index contributed by atoms with van der Waals surface area (Å²) in [6.45, 7) is 5.93. The standard InChI is InChI=1S/C21H25NO4/c1-14-10-18(11-15(2)20(14)26-13-19(23)24)21(25)22(4)12-16(3)17-8-6-5-7-9-17/h5-11,16H,12-13H2,1-4H3,(H,23,24). The summed E-state index contributed by atoms with van der Waals surface area (Å²) in [5.41, 5.74) is 3.26. The summed E-state index contributed by atoms with van der Waals surface area (Å²) in [6.07, 6.45) is 0. The summed E-state index contributed by atoms with van der Waals surface area (Å²) in [6, 6.07) is 13.6. The van der Waals surface area contributed by atoms with E-state index < -0.39 is 12.6 Å². The first kappa shape index (κ1) is 19.5. The van der Waals surface area contributed by atoms with Crippen LogP contribution < -0.4 is 4.74 Å². The average molecular weight is 355 g/mol. The number of likely N-dealkylation sites (N-methyl/N-ethyl adjacent to an activating group) is 1. The molecule has 0 radical (unpaired) electrons. The molecule has 138 valence electrons. The zero-order chi connectivity index (χ0) is 19.3. The molecule has 5 heteroatoms. The predicted molar refractivity (Wildman–Crippen MR) is 101 cm³/mol. The highest BCUT2D eigenvalue weighted by molar-refractivity contribution is 5.94. The monoisotopic (exact) mass is 355 g/mol. The van der Waals surface area contributed by atoms with Crippen LogP contribution in [-0.4, -0.2) is 42.1 Å². The molecule has 2 aromatic carbocycles. The van der Waals surface area contributed by atoms with Crippen LogP contribution in [0, 0.1) is 13.8 Å². The zero-order valence-electron chi connectivity index (χ0n) is 15.7. The van der Waals surface area contributed by atoms with Gasteiger partial charge in [-0.2, -0.15) is 0 Å². The second-order valence-corrected chi connectivity index (χ2v) is 6.62. The van der Waals surface area contributed by atoms with E-state index in [9.17, 15) is 9.59 Å². The fraction of sp³-hybridized carbons (Fsp3) is 0.333. The van der Waals surface area contributed by atoms with Crippen LogP contribution in [0.15, 0.2) is 42.5 Å². The van der Waals surface area contributed by atoms with Gasteiger partial charge in [-0.25, -0.2) is 4.79 Å². The maximum atomic E-state index is 12.8. The van der Waals surface area contributed by atoms with Gasteiger partial charge in [0.15, 0.2) is 6.61 Å². The van der Waals surface area contributed by atoms with Crippen molar-refractivity contribution >= 4 is 11.9 Å². The highest BCUT2D eigenvalue weighted by Gasteiger charge is 2.18. The number of amides is 1. The van der Waals surface area contributed by atoms with Crippen LogP contribution in [0.2, 0.25) is 0 Å². The maximum Gasteiger partial charge on any atom is 0.341 e. The van der Waals surface area contributed by atoms with Gasteiger partial charge in [0.2, 0.25) is 0 Å². The third kappa shape index (κ3) is 4.85. The molecule has 1 N–H and O–H groups in total. The first-order valence-corrected chi connectivity index (χ1v) is 8.55. The molecule has 1 atom stereocenters. The fourth-order valence-corrected chi connectivity index (χ4v) is 3.04. The lowest BCUT2D eigenvalue weighted by molar-refractivity contribution is -0.139. The molecule has 1 unspecified atom stereocenters. The normalized spacial score (nSPS) is 11.7. The number of hydrogen-bond donors (Lipinski definition) is 1. The smallest absolute Gasteiger partial charge is 0.341 e. The predicted octanol–water partition coefficient (Wildman–Crippen LogP) is 3.64. The number of ether oxygens (including phenoxy) is 1. The molecule has 0 saturated carbocycles. The average Bonchev–Trinajstić information content (AvgIpc) is 2.60. The van der Waals surface area contributed by atoms with Crippen molar-refractivity contribution < 1.29 is 19.4 Å². The van der Waals surface area contributed by atoms with Crippen molar-refractivity contribution in [3.63, 3.8) is 0 Å². The molecule has 2 aromatic rings. The van der Waals surface area contributed by atoms with E-state index in [0.29, 0.717) is 17.9 Å². The summed E-state index contributed by atoms with van der Waals surface area (Å²) < 4.78 is 5.32. The molecule has 0 fully saturated rings. The molecule has 0 heterocycles. The van der Waals surface area contributed by atoms with Crippen LogP contribution in [-0.2, 0) is 4.79 Å². The third-order valence-electron chi connectivity index (χ3n) is 4.31. The Hall–Kier alpha value is -2.82. The summed E-state index contributed by atoms with van der Waals surface area (Å²) in [5.74, 6) is -0.350. The molecule has 5 nitrogen and oxygen atoms in total. The van der Waals surface area contributed by atoms with E-state index >= 15 is 0 Å². The van der Waals surface area contributed by atoms with E-state index in [0.717, 1.165) is 11.1 Å². The van der Waals surface area contributed by atoms with Gasteiger partial charge in [-0.3, -0.25) is 4.79 Å². The lowest BCUT2D eigenvalue weighted by atomic mass is 10.00. The maximum absolute atomic E-state index is 12.8. The van der Waals surface area contributed by atoms with E-state index in [1.54, 1.807) is 24.1 Å². The molecule has 0 aliphatic carbocycles. The van der Waals surface area contributed by atoms with Gasteiger partial charge in [0, 0.05) is 19.2 Å². The van der Waals surface area contributed by atoms with Gasteiger partial charge in [0.1, 0.15) is 5.75 Å². The Morgan fingerprint density at radius 3 is 2.23 bits per heavy atom. The first-order valence-electron chi connectivity index (χ1n) is 8.55. The van der Waals surface area contributed by atoms with Crippen LogP contribution >= 0.6 is 0 Å². The zero-order valence-corrected chi connectivity index (χ0v) is 15.7. The number of carbonyl (C=O) groups excluding carboxylic acids is 1. The molecule has 0 bridgehead atoms. The lowest BCUT2D eigenvalue weighted by Crippen LogP contribution is -2.30. The highest BCUT2D eigenvalue weighted by Crippen LogP contribution is 2.26. The number of hydrogen-bond acceptors (Lipinski definition) is 3. The Bertz CT molecular complexity index is 763. The van der Waals surface area contributed by atoms with E-state index in [4.69, 9.17) is 9.84 Å². The van der Waals surface area contributed by atoms with Gasteiger partial charge in [-0.05, 0) is 48.6 Å². The minimum atomic E-state index is -1.03. The highest BCUT2D eigenvalue weighted by atomic mass is 16.5. The summed E-state index contributed by atoms with van der Waals surface area (Å²) >= 11 is 0. The molecule has 26 heavy (non-hydrogen) atoms. The van der Waals surface area contributed by atoms with Crippen LogP contribution in [0.1, 0.15) is 39.9 Å². The minimum Gasteiger partial charge on any atom is -0.481 e. The molecule has 0 aliphatic rings. The van der Waals surface area contributed by atoms with Gasteiger partial charge < -0.3 is 14.7 Å². The fourth-order valence-electron chi connectivity index (χ4n) is 3.04. The summed E-state index contributed by atoms with van der Waals surface area (Å²) in [4.78, 5) is 25.2. The topological polar surface area (TPSA) is 66.8 Å². The number of carboxylic acids is 1. The molecular formula is C21H25NO4. The Labute approximate surface area is 154 Å². The number of carboxylic acid groups (broad SMARTS) is 1. The van der Waals surface area contributed by atoms with Crippen molar-refractivity contribution in [1.29, 1.82) is 0 Å². The first-order chi connectivity index (χ1) is 12.3. The SMILES string of the molecule is Cc1cc(C(=O)N(C)CC(C)c2ccccc2)cc(C)c1OCC(=O)O. The van der Waals surface area contributed by atoms with Crippen LogP contribution in [0.25, 0.3) is 0 Å². The Morgan fingerprint density at radius 1 is 1.12 bits per heavy atom. The second kappa shape index (κ2) is 8.52. The Balaban J connectivity index is 2.12. The number of carbonyl (C=O) groups is 2. The van der Waals surface area contributed by atoms with E-state index in [1.165, 1.54) is 5.56 Å². The van der Waals surface area contributed by atoms with Gasteiger partial charge >= 0.3 is 5.97 Å². The summed E-state index contributed by atoms with van der Waals surface area (Å²) in [7, 11) is 1.79. The molecule has 0 spiro atoms. The van der Waals surface area contributed by atoms with Crippen LogP contribution in [0.3, 0.4) is 0 Å². The third-order valence-corrected chi connectivity index (χ3v) is 4.31. The van der Waals surface area contributed by atoms with Crippen LogP contribution in [0.4, 0.5) is 0 Å². The lowest BCUT2D eigenvalue weighted by Gasteiger charge is -2.23.